The fraction of sp³-hybridized carbons (Fsp3) is 0.250. The standard InChI is InChI=1S/C12H10Cl2IN3O/c1-2-3-8-9(15)12(19)18-11(17-8)10-7(14)4-6(13)5-16-10/h4-5H,2-3H2,1H3,(H,17,18,19). The van der Waals surface area contributed by atoms with Crippen molar-refractivity contribution in [1.29, 1.82) is 0 Å². The number of hydrogen-bond acceptors (Lipinski definition) is 3. The van der Waals surface area contributed by atoms with E-state index in [2.05, 4.69) is 15.0 Å². The van der Waals surface area contributed by atoms with Crippen LogP contribution in [0.5, 0.6) is 0 Å². The van der Waals surface area contributed by atoms with Gasteiger partial charge in [-0.2, -0.15) is 0 Å². The molecule has 0 saturated carbocycles. The van der Waals surface area contributed by atoms with Gasteiger partial charge in [0.1, 0.15) is 5.69 Å². The predicted molar refractivity (Wildman–Crippen MR) is 84.8 cm³/mol. The van der Waals surface area contributed by atoms with E-state index in [1.165, 1.54) is 6.20 Å². The molecule has 2 aromatic rings. The molecule has 2 rings (SSSR count). The normalized spacial score (nSPS) is 10.7. The van der Waals surface area contributed by atoms with E-state index in [9.17, 15) is 4.79 Å². The van der Waals surface area contributed by atoms with Crippen molar-refractivity contribution >= 4 is 45.8 Å². The third-order valence-electron chi connectivity index (χ3n) is 2.45. The average Bonchev–Trinajstić information content (AvgIpc) is 2.35. The first-order chi connectivity index (χ1) is 9.02. The van der Waals surface area contributed by atoms with Gasteiger partial charge in [0.15, 0.2) is 5.82 Å². The van der Waals surface area contributed by atoms with Crippen LogP contribution in [0.2, 0.25) is 10.0 Å². The fourth-order valence-electron chi connectivity index (χ4n) is 1.61. The Morgan fingerprint density at radius 1 is 1.42 bits per heavy atom. The number of rotatable bonds is 3. The lowest BCUT2D eigenvalue weighted by molar-refractivity contribution is 0.858. The van der Waals surface area contributed by atoms with E-state index < -0.39 is 0 Å². The number of nitrogens with zero attached hydrogens (tertiary/aromatic N) is 2. The molecule has 100 valence electrons. The van der Waals surface area contributed by atoms with Crippen molar-refractivity contribution in [1.82, 2.24) is 15.0 Å². The lowest BCUT2D eigenvalue weighted by Crippen LogP contribution is -2.16. The first kappa shape index (κ1) is 14.7. The van der Waals surface area contributed by atoms with E-state index in [1.54, 1.807) is 6.07 Å². The first-order valence-corrected chi connectivity index (χ1v) is 7.46. The molecule has 0 radical (unpaired) electrons. The fourth-order valence-corrected chi connectivity index (χ4v) is 2.60. The number of hydrogen-bond donors (Lipinski definition) is 1. The van der Waals surface area contributed by atoms with Crippen LogP contribution in [0.25, 0.3) is 11.5 Å². The van der Waals surface area contributed by atoms with Crippen molar-refractivity contribution in [3.05, 3.63) is 41.9 Å². The van der Waals surface area contributed by atoms with Gasteiger partial charge in [-0.15, -0.1) is 0 Å². The zero-order chi connectivity index (χ0) is 14.0. The van der Waals surface area contributed by atoms with Crippen LogP contribution in [0.4, 0.5) is 0 Å². The van der Waals surface area contributed by atoms with Gasteiger partial charge in [-0.25, -0.2) is 9.97 Å². The van der Waals surface area contributed by atoms with Crippen LogP contribution < -0.4 is 5.56 Å². The summed E-state index contributed by atoms with van der Waals surface area (Å²) < 4.78 is 0.605. The van der Waals surface area contributed by atoms with Crippen molar-refractivity contribution in [2.24, 2.45) is 0 Å². The maximum Gasteiger partial charge on any atom is 0.264 e. The number of halogens is 3. The molecule has 2 heterocycles. The van der Waals surface area contributed by atoms with Gasteiger partial charge < -0.3 is 4.98 Å². The highest BCUT2D eigenvalue weighted by Gasteiger charge is 2.13. The highest BCUT2D eigenvalue weighted by Crippen LogP contribution is 2.25. The summed E-state index contributed by atoms with van der Waals surface area (Å²) in [6, 6.07) is 1.57. The van der Waals surface area contributed by atoms with Crippen molar-refractivity contribution in [3.8, 4) is 11.5 Å². The Labute approximate surface area is 133 Å². The van der Waals surface area contributed by atoms with Crippen molar-refractivity contribution < 1.29 is 0 Å². The molecule has 0 aliphatic heterocycles. The van der Waals surface area contributed by atoms with Gasteiger partial charge in [0, 0.05) is 6.20 Å². The molecule has 0 unspecified atom stereocenters. The Morgan fingerprint density at radius 3 is 2.79 bits per heavy atom. The second-order valence-electron chi connectivity index (χ2n) is 3.91. The maximum atomic E-state index is 11.9. The summed E-state index contributed by atoms with van der Waals surface area (Å²) in [7, 11) is 0. The summed E-state index contributed by atoms with van der Waals surface area (Å²) in [5.41, 5.74) is 1.01. The Morgan fingerprint density at radius 2 is 2.16 bits per heavy atom. The maximum absolute atomic E-state index is 11.9. The van der Waals surface area contributed by atoms with E-state index in [0.717, 1.165) is 18.5 Å². The van der Waals surface area contributed by atoms with E-state index in [4.69, 9.17) is 23.2 Å². The average molecular weight is 410 g/mol. The largest absolute Gasteiger partial charge is 0.304 e. The van der Waals surface area contributed by atoms with Crippen LogP contribution in [-0.2, 0) is 6.42 Å². The van der Waals surface area contributed by atoms with Crippen LogP contribution in [0.1, 0.15) is 19.0 Å². The van der Waals surface area contributed by atoms with Crippen molar-refractivity contribution in [2.45, 2.75) is 19.8 Å². The molecular weight excluding hydrogens is 400 g/mol. The highest BCUT2D eigenvalue weighted by atomic mass is 127. The van der Waals surface area contributed by atoms with Crippen molar-refractivity contribution in [2.75, 3.05) is 0 Å². The Balaban J connectivity index is 2.59. The second kappa shape index (κ2) is 6.19. The van der Waals surface area contributed by atoms with Crippen molar-refractivity contribution in [3.63, 3.8) is 0 Å². The van der Waals surface area contributed by atoms with E-state index in [0.29, 0.717) is 25.1 Å². The predicted octanol–water partition coefficient (Wildman–Crippen LogP) is 3.70. The van der Waals surface area contributed by atoms with Gasteiger partial charge in [-0.05, 0) is 35.1 Å². The molecule has 0 fully saturated rings. The van der Waals surface area contributed by atoms with E-state index in [1.807, 2.05) is 29.5 Å². The lowest BCUT2D eigenvalue weighted by atomic mass is 10.2. The quantitative estimate of drug-likeness (QED) is 0.786. The molecule has 0 saturated heterocycles. The van der Waals surface area contributed by atoms with Gasteiger partial charge >= 0.3 is 0 Å². The molecule has 0 amide bonds. The van der Waals surface area contributed by atoms with Crippen LogP contribution in [-0.4, -0.2) is 15.0 Å². The summed E-state index contributed by atoms with van der Waals surface area (Å²) in [6.45, 7) is 2.03. The SMILES string of the molecule is CCCc1nc(-c2ncc(Cl)cc2Cl)[nH]c(=O)c1I. The second-order valence-corrected chi connectivity index (χ2v) is 5.83. The smallest absolute Gasteiger partial charge is 0.264 e. The zero-order valence-corrected chi connectivity index (χ0v) is 13.7. The lowest BCUT2D eigenvalue weighted by Gasteiger charge is -2.07. The van der Waals surface area contributed by atoms with Gasteiger partial charge in [0.2, 0.25) is 0 Å². The number of aromatic amines is 1. The molecule has 2 aromatic heterocycles. The zero-order valence-electron chi connectivity index (χ0n) is 10.0. The summed E-state index contributed by atoms with van der Waals surface area (Å²) in [5.74, 6) is 0.371. The topological polar surface area (TPSA) is 58.6 Å². The Bertz CT molecular complexity index is 673. The first-order valence-electron chi connectivity index (χ1n) is 5.63. The molecule has 0 atom stereocenters. The van der Waals surface area contributed by atoms with Gasteiger partial charge in [-0.3, -0.25) is 4.79 Å². The molecule has 0 spiro atoms. The molecule has 7 heteroatoms. The monoisotopic (exact) mass is 409 g/mol. The minimum absolute atomic E-state index is 0.179. The summed E-state index contributed by atoms with van der Waals surface area (Å²) >= 11 is 13.9. The van der Waals surface area contributed by atoms with Gasteiger partial charge in [0.25, 0.3) is 5.56 Å². The van der Waals surface area contributed by atoms with Gasteiger partial charge in [-0.1, -0.05) is 36.5 Å². The molecule has 19 heavy (non-hydrogen) atoms. The van der Waals surface area contributed by atoms with Crippen LogP contribution in [0, 0.1) is 3.57 Å². The number of aryl methyl sites for hydroxylation is 1. The number of aromatic nitrogens is 3. The third-order valence-corrected chi connectivity index (χ3v) is 4.06. The number of pyridine rings is 1. The number of H-pyrrole nitrogens is 1. The molecule has 0 aliphatic rings. The Kier molecular flexibility index (Phi) is 4.81. The minimum Gasteiger partial charge on any atom is -0.304 e. The molecule has 0 aromatic carbocycles. The summed E-state index contributed by atoms with van der Waals surface area (Å²) in [4.78, 5) is 23.1. The molecule has 0 bridgehead atoms. The number of nitrogens with one attached hydrogen (secondary N) is 1. The van der Waals surface area contributed by atoms with Crippen LogP contribution >= 0.6 is 45.8 Å². The molecule has 1 N–H and O–H groups in total. The Hall–Kier alpha value is -0.660. The van der Waals surface area contributed by atoms with E-state index in [-0.39, 0.29) is 5.56 Å². The summed E-state index contributed by atoms with van der Waals surface area (Å²) in [5, 5.41) is 0.801. The van der Waals surface area contributed by atoms with Gasteiger partial charge in [0.05, 0.1) is 19.3 Å². The third kappa shape index (κ3) is 3.27. The van der Waals surface area contributed by atoms with Crippen LogP contribution in [0.15, 0.2) is 17.1 Å². The molecule has 4 nitrogen and oxygen atoms in total. The summed E-state index contributed by atoms with van der Waals surface area (Å²) in [6.07, 6.45) is 3.12. The highest BCUT2D eigenvalue weighted by molar-refractivity contribution is 14.1. The molecular formula is C12H10Cl2IN3O. The molecule has 0 aliphatic carbocycles. The minimum atomic E-state index is -0.179. The van der Waals surface area contributed by atoms with Crippen LogP contribution in [0.3, 0.4) is 0 Å². The van der Waals surface area contributed by atoms with E-state index >= 15 is 0 Å².